The Kier molecular flexibility index (Phi) is 20.8. The van der Waals surface area contributed by atoms with Gasteiger partial charge in [-0.2, -0.15) is 0 Å². The summed E-state index contributed by atoms with van der Waals surface area (Å²) in [4.78, 5) is 19.0. The smallest absolute Gasteiger partial charge is 0.545 e. The Morgan fingerprint density at radius 1 is 0.929 bits per heavy atom. The summed E-state index contributed by atoms with van der Waals surface area (Å²) in [7, 11) is 0. The van der Waals surface area contributed by atoms with E-state index in [0.717, 1.165) is 0 Å². The predicted octanol–water partition coefficient (Wildman–Crippen LogP) is -1.38. The third kappa shape index (κ3) is 22.5. The van der Waals surface area contributed by atoms with E-state index >= 15 is 0 Å². The van der Waals surface area contributed by atoms with E-state index in [-0.39, 0.29) is 45.0 Å². The van der Waals surface area contributed by atoms with Crippen molar-refractivity contribution in [1.82, 2.24) is 0 Å². The van der Waals surface area contributed by atoms with Crippen LogP contribution in [0.4, 0.5) is 0 Å². The summed E-state index contributed by atoms with van der Waals surface area (Å²) in [5.74, 6) is -2.37. The van der Waals surface area contributed by atoms with Crippen LogP contribution in [-0.4, -0.2) is 11.9 Å². The first-order chi connectivity index (χ1) is 5.29. The van der Waals surface area contributed by atoms with Crippen molar-refractivity contribution >= 4 is 11.9 Å². The van der Waals surface area contributed by atoms with Gasteiger partial charge in [-0.15, -0.1) is 0 Å². The predicted molar refractivity (Wildman–Crippen MR) is 39.6 cm³/mol. The molecule has 0 rings (SSSR count). The van der Waals surface area contributed by atoms with Crippen LogP contribution in [0, 0.1) is 0 Å². The number of rotatable bonds is 2. The molecule has 4 nitrogen and oxygen atoms in total. The molecule has 6 heteroatoms. The minimum Gasteiger partial charge on any atom is -0.545 e. The van der Waals surface area contributed by atoms with Gasteiger partial charge in [-0.1, -0.05) is 13.2 Å². The molecule has 14 heavy (non-hydrogen) atoms. The first-order valence-electron chi connectivity index (χ1n) is 3.02. The van der Waals surface area contributed by atoms with Crippen LogP contribution < -0.4 is 10.2 Å². The minimum absolute atomic E-state index is 0. The first-order valence-corrected chi connectivity index (χ1v) is 3.02. The molecule has 0 fully saturated rings. The summed E-state index contributed by atoms with van der Waals surface area (Å²) >= 11 is 0. The number of carboxylic acid groups (broad SMARTS) is 2. The summed E-state index contributed by atoms with van der Waals surface area (Å²) in [6.07, 6.45) is 0. The van der Waals surface area contributed by atoms with Crippen molar-refractivity contribution in [2.45, 2.75) is 13.8 Å². The van der Waals surface area contributed by atoms with Gasteiger partial charge >= 0.3 is 16.8 Å². The molecule has 0 aromatic heterocycles. The average Bonchev–Trinajstić information content (AvgIpc) is 1.88. The van der Waals surface area contributed by atoms with Crippen molar-refractivity contribution in [3.8, 4) is 0 Å². The van der Waals surface area contributed by atoms with Gasteiger partial charge in [0, 0.05) is 17.1 Å². The molecule has 82 valence electrons. The fourth-order valence-corrected chi connectivity index (χ4v) is 0. The number of hydrogen-bond acceptors (Lipinski definition) is 4. The summed E-state index contributed by atoms with van der Waals surface area (Å²) in [6.45, 7) is 8.95. The second-order valence-corrected chi connectivity index (χ2v) is 2.14. The molecule has 0 amide bonds. The van der Waals surface area contributed by atoms with Crippen LogP contribution in [0.2, 0.25) is 0 Å². The molecule has 2 radical (unpaired) electrons. The molecule has 0 aliphatic carbocycles. The van der Waals surface area contributed by atoms with Gasteiger partial charge in [-0.3, -0.25) is 0 Å². The van der Waals surface area contributed by atoms with Gasteiger partial charge in [0.15, 0.2) is 0 Å². The second kappa shape index (κ2) is 12.4. The molecular formula is C8H10CoMnO4. The molecule has 0 unspecified atom stereocenters. The van der Waals surface area contributed by atoms with E-state index in [1.807, 2.05) is 0 Å². The molecule has 0 aromatic carbocycles. The maximum Gasteiger partial charge on any atom is 2.00 e. The van der Waals surface area contributed by atoms with Crippen LogP contribution in [-0.2, 0) is 43.4 Å². The van der Waals surface area contributed by atoms with Gasteiger partial charge in [0.2, 0.25) is 0 Å². The largest absolute Gasteiger partial charge is 2.00 e. The van der Waals surface area contributed by atoms with Crippen LogP contribution >= 0.6 is 0 Å². The van der Waals surface area contributed by atoms with Crippen molar-refractivity contribution in [2.75, 3.05) is 0 Å². The molecule has 0 aliphatic rings. The summed E-state index contributed by atoms with van der Waals surface area (Å²) in [5, 5.41) is 19.0. The van der Waals surface area contributed by atoms with Crippen LogP contribution in [0.15, 0.2) is 24.3 Å². The van der Waals surface area contributed by atoms with Crippen molar-refractivity contribution in [3.63, 3.8) is 0 Å². The summed E-state index contributed by atoms with van der Waals surface area (Å²) in [5.41, 5.74) is 0.130. The Hall–Kier alpha value is -0.554. The number of hydrogen-bond donors (Lipinski definition) is 0. The van der Waals surface area contributed by atoms with Crippen molar-refractivity contribution in [2.24, 2.45) is 0 Å². The molecule has 0 saturated carbocycles. The monoisotopic (exact) mass is 284 g/mol. The van der Waals surface area contributed by atoms with Crippen molar-refractivity contribution in [1.29, 1.82) is 0 Å². The Bertz CT molecular complexity index is 177. The van der Waals surface area contributed by atoms with Crippen molar-refractivity contribution < 1.29 is 53.6 Å². The van der Waals surface area contributed by atoms with Gasteiger partial charge in [-0.05, 0) is 25.0 Å². The maximum absolute atomic E-state index is 9.49. The Labute approximate surface area is 104 Å². The average molecular weight is 284 g/mol. The van der Waals surface area contributed by atoms with Gasteiger partial charge in [0.05, 0.1) is 11.9 Å². The summed E-state index contributed by atoms with van der Waals surface area (Å²) < 4.78 is 0. The third-order valence-electron chi connectivity index (χ3n) is 0.697. The Balaban J connectivity index is -0.0000000625. The zero-order chi connectivity index (χ0) is 10.3. The third-order valence-corrected chi connectivity index (χ3v) is 0.697. The van der Waals surface area contributed by atoms with E-state index in [9.17, 15) is 19.8 Å². The van der Waals surface area contributed by atoms with Crippen LogP contribution in [0.1, 0.15) is 13.8 Å². The first kappa shape index (κ1) is 23.3. The van der Waals surface area contributed by atoms with Crippen LogP contribution in [0.3, 0.4) is 0 Å². The van der Waals surface area contributed by atoms with E-state index in [1.54, 1.807) is 0 Å². The molecule has 0 aliphatic heterocycles. The van der Waals surface area contributed by atoms with Crippen LogP contribution in [0.5, 0.6) is 0 Å². The van der Waals surface area contributed by atoms with E-state index in [4.69, 9.17) is 0 Å². The SMILES string of the molecule is C=C(C)C(=O)[O-].C=C(C)C(=O)[O-].[Co+2].[Mn]. The number of carboxylic acids is 2. The molecule has 0 aromatic rings. The zero-order valence-electron chi connectivity index (χ0n) is 7.76. The topological polar surface area (TPSA) is 80.3 Å². The van der Waals surface area contributed by atoms with Gasteiger partial charge in [-0.25, -0.2) is 0 Å². The fourth-order valence-electron chi connectivity index (χ4n) is 0. The molecule has 0 spiro atoms. The maximum atomic E-state index is 9.49. The standard InChI is InChI=1S/2C4H6O2.Co.Mn/c2*1-3(2)4(5)6;;/h2*1H2,2H3,(H,5,6);;/q;;+2;/p-2. The van der Waals surface area contributed by atoms with Crippen molar-refractivity contribution in [3.05, 3.63) is 24.3 Å². The normalized spacial score (nSPS) is 6.43. The van der Waals surface area contributed by atoms with Crippen LogP contribution in [0.25, 0.3) is 0 Å². The van der Waals surface area contributed by atoms with E-state index in [1.165, 1.54) is 13.8 Å². The molecule has 0 atom stereocenters. The summed E-state index contributed by atoms with van der Waals surface area (Å²) in [6, 6.07) is 0. The second-order valence-electron chi connectivity index (χ2n) is 2.14. The molecule has 0 bridgehead atoms. The molecule has 0 heterocycles. The van der Waals surface area contributed by atoms with E-state index in [0.29, 0.717) is 0 Å². The Morgan fingerprint density at radius 2 is 1.00 bits per heavy atom. The van der Waals surface area contributed by atoms with E-state index < -0.39 is 11.9 Å². The molecule has 0 N–H and O–H groups in total. The molecular weight excluding hydrogens is 274 g/mol. The number of aliphatic carboxylic acids is 2. The number of carbonyl (C=O) groups excluding carboxylic acids is 2. The minimum atomic E-state index is -1.19. The Morgan fingerprint density at radius 3 is 1.00 bits per heavy atom. The van der Waals surface area contributed by atoms with Gasteiger partial charge < -0.3 is 19.8 Å². The quantitative estimate of drug-likeness (QED) is 0.462. The van der Waals surface area contributed by atoms with Gasteiger partial charge in [0.25, 0.3) is 0 Å². The van der Waals surface area contributed by atoms with E-state index in [2.05, 4.69) is 13.2 Å². The fraction of sp³-hybridized carbons (Fsp3) is 0.250. The molecule has 0 saturated heterocycles. The zero-order valence-corrected chi connectivity index (χ0v) is 9.98. The van der Waals surface area contributed by atoms with Gasteiger partial charge in [0.1, 0.15) is 0 Å². The number of carbonyl (C=O) groups is 2.